The average Bonchev–Trinajstić information content (AvgIpc) is 2.68. The van der Waals surface area contributed by atoms with Crippen LogP contribution in [0.2, 0.25) is 0 Å². The SMILES string of the molecule is CC(NC(=O)COc1ccc(-c2ccccc2)cc1)c1ccccc1. The molecule has 1 amide bonds. The molecular weight excluding hydrogens is 310 g/mol. The third-order valence-corrected chi connectivity index (χ3v) is 4.01. The van der Waals surface area contributed by atoms with Crippen LogP contribution in [0.5, 0.6) is 5.75 Å². The normalized spacial score (nSPS) is 11.6. The fourth-order valence-corrected chi connectivity index (χ4v) is 2.63. The zero-order chi connectivity index (χ0) is 17.5. The van der Waals surface area contributed by atoms with Gasteiger partial charge in [0.15, 0.2) is 6.61 Å². The maximum Gasteiger partial charge on any atom is 0.258 e. The third kappa shape index (κ3) is 4.70. The van der Waals surface area contributed by atoms with Gasteiger partial charge in [-0.25, -0.2) is 0 Å². The number of nitrogens with one attached hydrogen (secondary N) is 1. The van der Waals surface area contributed by atoms with Crippen molar-refractivity contribution >= 4 is 5.91 Å². The van der Waals surface area contributed by atoms with Crippen molar-refractivity contribution in [3.8, 4) is 16.9 Å². The number of rotatable bonds is 6. The minimum atomic E-state index is -0.136. The topological polar surface area (TPSA) is 38.3 Å². The maximum atomic E-state index is 12.1. The fraction of sp³-hybridized carbons (Fsp3) is 0.136. The summed E-state index contributed by atoms with van der Waals surface area (Å²) in [6.07, 6.45) is 0. The first kappa shape index (κ1) is 16.8. The van der Waals surface area contributed by atoms with E-state index in [-0.39, 0.29) is 18.6 Å². The summed E-state index contributed by atoms with van der Waals surface area (Å²) in [6.45, 7) is 1.96. The number of hydrogen-bond donors (Lipinski definition) is 1. The summed E-state index contributed by atoms with van der Waals surface area (Å²) < 4.78 is 5.58. The van der Waals surface area contributed by atoms with E-state index in [0.717, 1.165) is 16.7 Å². The molecule has 3 heteroatoms. The van der Waals surface area contributed by atoms with Crippen LogP contribution in [0.15, 0.2) is 84.9 Å². The van der Waals surface area contributed by atoms with Gasteiger partial charge in [-0.15, -0.1) is 0 Å². The molecule has 1 N–H and O–H groups in total. The fourth-order valence-electron chi connectivity index (χ4n) is 2.63. The minimum Gasteiger partial charge on any atom is -0.484 e. The van der Waals surface area contributed by atoms with E-state index in [1.165, 1.54) is 0 Å². The Morgan fingerprint density at radius 1 is 0.840 bits per heavy atom. The van der Waals surface area contributed by atoms with Gasteiger partial charge in [-0.05, 0) is 35.7 Å². The molecule has 0 bridgehead atoms. The van der Waals surface area contributed by atoms with E-state index in [9.17, 15) is 4.79 Å². The van der Waals surface area contributed by atoms with Crippen LogP contribution < -0.4 is 10.1 Å². The zero-order valence-electron chi connectivity index (χ0n) is 14.2. The average molecular weight is 331 g/mol. The molecule has 0 saturated carbocycles. The number of benzene rings is 3. The molecule has 0 radical (unpaired) electrons. The molecule has 3 rings (SSSR count). The van der Waals surface area contributed by atoms with E-state index >= 15 is 0 Å². The van der Waals surface area contributed by atoms with Gasteiger partial charge in [-0.3, -0.25) is 4.79 Å². The van der Waals surface area contributed by atoms with Gasteiger partial charge >= 0.3 is 0 Å². The van der Waals surface area contributed by atoms with E-state index in [1.807, 2.05) is 79.7 Å². The summed E-state index contributed by atoms with van der Waals surface area (Å²) in [5.74, 6) is 0.547. The number of carbonyl (C=O) groups excluding carboxylic acids is 1. The van der Waals surface area contributed by atoms with E-state index in [1.54, 1.807) is 0 Å². The summed E-state index contributed by atoms with van der Waals surface area (Å²) in [5.41, 5.74) is 3.35. The number of ether oxygens (including phenoxy) is 1. The molecule has 25 heavy (non-hydrogen) atoms. The molecule has 0 spiro atoms. The molecule has 3 aromatic rings. The van der Waals surface area contributed by atoms with Crippen LogP contribution in [0, 0.1) is 0 Å². The van der Waals surface area contributed by atoms with Crippen LogP contribution in [0.3, 0.4) is 0 Å². The van der Waals surface area contributed by atoms with Crippen molar-refractivity contribution in [3.63, 3.8) is 0 Å². The Hall–Kier alpha value is -3.07. The lowest BCUT2D eigenvalue weighted by Gasteiger charge is -2.14. The molecule has 0 aromatic heterocycles. The summed E-state index contributed by atoms with van der Waals surface area (Å²) >= 11 is 0. The van der Waals surface area contributed by atoms with Crippen LogP contribution in [0.25, 0.3) is 11.1 Å². The largest absolute Gasteiger partial charge is 0.484 e. The quantitative estimate of drug-likeness (QED) is 0.716. The summed E-state index contributed by atoms with van der Waals surface area (Å²) in [4.78, 5) is 12.1. The number of hydrogen-bond acceptors (Lipinski definition) is 2. The van der Waals surface area contributed by atoms with Gasteiger partial charge in [0.25, 0.3) is 5.91 Å². The number of amides is 1. The first-order valence-electron chi connectivity index (χ1n) is 8.35. The van der Waals surface area contributed by atoms with E-state index < -0.39 is 0 Å². The Morgan fingerprint density at radius 3 is 2.04 bits per heavy atom. The predicted octanol–water partition coefficient (Wildman–Crippen LogP) is 4.61. The van der Waals surface area contributed by atoms with Gasteiger partial charge in [0.2, 0.25) is 0 Å². The Labute approximate surface area is 148 Å². The second-order valence-electron chi connectivity index (χ2n) is 5.88. The Kier molecular flexibility index (Phi) is 5.47. The lowest BCUT2D eigenvalue weighted by atomic mass is 10.1. The maximum absolute atomic E-state index is 12.1. The van der Waals surface area contributed by atoms with Crippen molar-refractivity contribution in [3.05, 3.63) is 90.5 Å². The molecule has 0 fully saturated rings. The summed E-state index contributed by atoms with van der Waals surface area (Å²) in [6, 6.07) is 27.7. The highest BCUT2D eigenvalue weighted by atomic mass is 16.5. The first-order chi connectivity index (χ1) is 12.2. The molecule has 0 heterocycles. The van der Waals surface area contributed by atoms with Crippen molar-refractivity contribution in [2.24, 2.45) is 0 Å². The monoisotopic (exact) mass is 331 g/mol. The van der Waals surface area contributed by atoms with Gasteiger partial charge in [-0.1, -0.05) is 72.8 Å². The molecule has 0 aliphatic carbocycles. The Balaban J connectivity index is 1.52. The molecular formula is C22H21NO2. The highest BCUT2D eigenvalue weighted by Crippen LogP contribution is 2.22. The first-order valence-corrected chi connectivity index (χ1v) is 8.35. The minimum absolute atomic E-state index is 0.00184. The van der Waals surface area contributed by atoms with Gasteiger partial charge in [0.05, 0.1) is 6.04 Å². The van der Waals surface area contributed by atoms with Gasteiger partial charge in [-0.2, -0.15) is 0 Å². The van der Waals surface area contributed by atoms with Crippen LogP contribution in [-0.4, -0.2) is 12.5 Å². The van der Waals surface area contributed by atoms with Crippen molar-refractivity contribution in [2.75, 3.05) is 6.61 Å². The second-order valence-corrected chi connectivity index (χ2v) is 5.88. The highest BCUT2D eigenvalue weighted by Gasteiger charge is 2.09. The van der Waals surface area contributed by atoms with Crippen LogP contribution in [0.1, 0.15) is 18.5 Å². The lowest BCUT2D eigenvalue weighted by Crippen LogP contribution is -2.31. The number of carbonyl (C=O) groups is 1. The zero-order valence-corrected chi connectivity index (χ0v) is 14.2. The van der Waals surface area contributed by atoms with Crippen molar-refractivity contribution in [2.45, 2.75) is 13.0 Å². The molecule has 3 nitrogen and oxygen atoms in total. The van der Waals surface area contributed by atoms with E-state index in [0.29, 0.717) is 5.75 Å². The second kappa shape index (κ2) is 8.15. The van der Waals surface area contributed by atoms with Gasteiger partial charge < -0.3 is 10.1 Å². The van der Waals surface area contributed by atoms with Crippen molar-refractivity contribution in [1.82, 2.24) is 5.32 Å². The van der Waals surface area contributed by atoms with Crippen LogP contribution >= 0.6 is 0 Å². The third-order valence-electron chi connectivity index (χ3n) is 4.01. The molecule has 3 aromatic carbocycles. The van der Waals surface area contributed by atoms with E-state index in [4.69, 9.17) is 4.74 Å². The Morgan fingerprint density at radius 2 is 1.40 bits per heavy atom. The molecule has 0 aliphatic rings. The summed E-state index contributed by atoms with van der Waals surface area (Å²) in [5, 5.41) is 2.94. The molecule has 1 atom stereocenters. The van der Waals surface area contributed by atoms with Crippen LogP contribution in [-0.2, 0) is 4.79 Å². The van der Waals surface area contributed by atoms with Crippen LogP contribution in [0.4, 0.5) is 0 Å². The molecule has 0 aliphatic heterocycles. The van der Waals surface area contributed by atoms with Crippen molar-refractivity contribution in [1.29, 1.82) is 0 Å². The lowest BCUT2D eigenvalue weighted by molar-refractivity contribution is -0.123. The highest BCUT2D eigenvalue weighted by molar-refractivity contribution is 5.78. The molecule has 0 saturated heterocycles. The standard InChI is InChI=1S/C22H21NO2/c1-17(18-8-4-2-5-9-18)23-22(24)16-25-21-14-12-20(13-15-21)19-10-6-3-7-11-19/h2-15,17H,16H2,1H3,(H,23,24). The van der Waals surface area contributed by atoms with E-state index in [2.05, 4.69) is 17.4 Å². The van der Waals surface area contributed by atoms with Gasteiger partial charge in [0.1, 0.15) is 5.75 Å². The van der Waals surface area contributed by atoms with Gasteiger partial charge in [0, 0.05) is 0 Å². The summed E-state index contributed by atoms with van der Waals surface area (Å²) in [7, 11) is 0. The molecule has 1 unspecified atom stereocenters. The Bertz CT molecular complexity index is 798. The van der Waals surface area contributed by atoms with Crippen molar-refractivity contribution < 1.29 is 9.53 Å². The molecule has 126 valence electrons. The smallest absolute Gasteiger partial charge is 0.258 e. The predicted molar refractivity (Wildman–Crippen MR) is 100 cm³/mol.